The van der Waals surface area contributed by atoms with Gasteiger partial charge in [0.25, 0.3) is 0 Å². The zero-order valence-corrected chi connectivity index (χ0v) is 13.5. The van der Waals surface area contributed by atoms with Crippen molar-refractivity contribution in [3.8, 4) is 0 Å². The molecular weight excluding hydrogens is 268 g/mol. The van der Waals surface area contributed by atoms with E-state index in [0.717, 1.165) is 36.9 Å². The Morgan fingerprint density at radius 1 is 1.35 bits per heavy atom. The first-order chi connectivity index (χ1) is 9.60. The Labute approximate surface area is 128 Å². The number of halogens is 1. The molecule has 1 heterocycles. The fourth-order valence-electron chi connectivity index (χ4n) is 2.88. The highest BCUT2D eigenvalue weighted by Gasteiger charge is 2.16. The van der Waals surface area contributed by atoms with Crippen molar-refractivity contribution in [3.63, 3.8) is 0 Å². The lowest BCUT2D eigenvalue weighted by atomic mass is 10.0. The summed E-state index contributed by atoms with van der Waals surface area (Å²) in [5.74, 6) is 0.834. The van der Waals surface area contributed by atoms with Crippen molar-refractivity contribution >= 4 is 17.3 Å². The van der Waals surface area contributed by atoms with Crippen molar-refractivity contribution in [2.45, 2.75) is 52.0 Å². The van der Waals surface area contributed by atoms with Gasteiger partial charge in [-0.05, 0) is 55.7 Å². The Bertz CT molecular complexity index is 433. The average Bonchev–Trinajstić information content (AvgIpc) is 2.64. The van der Waals surface area contributed by atoms with Gasteiger partial charge in [-0.2, -0.15) is 0 Å². The molecule has 3 heteroatoms. The lowest BCUT2D eigenvalue weighted by Gasteiger charge is -2.24. The van der Waals surface area contributed by atoms with E-state index in [0.29, 0.717) is 0 Å². The molecule has 0 aliphatic carbocycles. The predicted octanol–water partition coefficient (Wildman–Crippen LogP) is 4.25. The Hall–Kier alpha value is -0.730. The fraction of sp³-hybridized carbons (Fsp3) is 0.647. The third-order valence-electron chi connectivity index (χ3n) is 4.39. The Morgan fingerprint density at radius 3 is 2.85 bits per heavy atom. The highest BCUT2D eigenvalue weighted by Crippen LogP contribution is 2.30. The monoisotopic (exact) mass is 294 g/mol. The van der Waals surface area contributed by atoms with E-state index in [-0.39, 0.29) is 6.04 Å². The van der Waals surface area contributed by atoms with Gasteiger partial charge in [-0.3, -0.25) is 0 Å². The van der Waals surface area contributed by atoms with E-state index in [9.17, 15) is 0 Å². The Morgan fingerprint density at radius 2 is 2.15 bits per heavy atom. The van der Waals surface area contributed by atoms with Crippen LogP contribution in [0.5, 0.6) is 0 Å². The van der Waals surface area contributed by atoms with Crippen LogP contribution in [0.15, 0.2) is 18.2 Å². The van der Waals surface area contributed by atoms with Crippen molar-refractivity contribution < 1.29 is 0 Å². The molecule has 0 radical (unpaired) electrons. The molecule has 0 spiro atoms. The predicted molar refractivity (Wildman–Crippen MR) is 88.7 cm³/mol. The van der Waals surface area contributed by atoms with Crippen LogP contribution >= 0.6 is 11.6 Å². The maximum Gasteiger partial charge on any atom is 0.0642 e. The summed E-state index contributed by atoms with van der Waals surface area (Å²) in [6, 6.07) is 6.69. The van der Waals surface area contributed by atoms with Gasteiger partial charge >= 0.3 is 0 Å². The van der Waals surface area contributed by atoms with Crippen LogP contribution in [-0.2, 0) is 6.42 Å². The molecule has 2 nitrogen and oxygen atoms in total. The minimum absolute atomic E-state index is 0.232. The van der Waals surface area contributed by atoms with Gasteiger partial charge in [-0.15, -0.1) is 0 Å². The summed E-state index contributed by atoms with van der Waals surface area (Å²) in [6.07, 6.45) is 5.77. The number of hydrogen-bond donors (Lipinski definition) is 1. The minimum Gasteiger partial charge on any atom is -0.370 e. The standard InChI is InChI=1S/C17H27ClN2/c1-3-15(19)11-14-6-7-17(16(18)12-14)20-9-4-5-13(2)8-10-20/h6-7,12-13,15H,3-5,8-11,19H2,1-2H3. The molecule has 20 heavy (non-hydrogen) atoms. The van der Waals surface area contributed by atoms with E-state index >= 15 is 0 Å². The van der Waals surface area contributed by atoms with Crippen LogP contribution in [0.2, 0.25) is 5.02 Å². The number of benzene rings is 1. The van der Waals surface area contributed by atoms with Gasteiger partial charge < -0.3 is 10.6 Å². The molecule has 0 saturated carbocycles. The molecule has 1 fully saturated rings. The van der Waals surface area contributed by atoms with Crippen LogP contribution in [0, 0.1) is 5.92 Å². The first-order valence-corrected chi connectivity index (χ1v) is 8.27. The molecule has 2 rings (SSSR count). The van der Waals surface area contributed by atoms with E-state index < -0.39 is 0 Å². The van der Waals surface area contributed by atoms with Gasteiger partial charge in [-0.1, -0.05) is 31.5 Å². The SMILES string of the molecule is CCC(N)Cc1ccc(N2CCCC(C)CC2)c(Cl)c1. The molecular formula is C17H27ClN2. The lowest BCUT2D eigenvalue weighted by Crippen LogP contribution is -2.25. The summed E-state index contributed by atoms with van der Waals surface area (Å²) in [6.45, 7) is 6.71. The summed E-state index contributed by atoms with van der Waals surface area (Å²) < 4.78 is 0. The summed E-state index contributed by atoms with van der Waals surface area (Å²) in [5, 5.41) is 0.875. The van der Waals surface area contributed by atoms with Crippen molar-refractivity contribution in [1.29, 1.82) is 0 Å². The number of anilines is 1. The molecule has 1 aromatic carbocycles. The molecule has 0 aromatic heterocycles. The second-order valence-corrected chi connectivity index (χ2v) is 6.59. The van der Waals surface area contributed by atoms with Gasteiger partial charge in [-0.25, -0.2) is 0 Å². The van der Waals surface area contributed by atoms with Gasteiger partial charge in [0, 0.05) is 19.1 Å². The zero-order chi connectivity index (χ0) is 14.5. The molecule has 1 aliphatic heterocycles. The molecule has 2 atom stereocenters. The maximum absolute atomic E-state index is 6.50. The largest absolute Gasteiger partial charge is 0.370 e. The number of rotatable bonds is 4. The molecule has 1 aliphatic rings. The Balaban J connectivity index is 2.08. The second-order valence-electron chi connectivity index (χ2n) is 6.18. The third kappa shape index (κ3) is 4.13. The van der Waals surface area contributed by atoms with Crippen molar-refractivity contribution in [2.75, 3.05) is 18.0 Å². The van der Waals surface area contributed by atoms with Crippen molar-refractivity contribution in [1.82, 2.24) is 0 Å². The smallest absolute Gasteiger partial charge is 0.0642 e. The van der Waals surface area contributed by atoms with Crippen molar-refractivity contribution in [3.05, 3.63) is 28.8 Å². The second kappa shape index (κ2) is 7.33. The van der Waals surface area contributed by atoms with Gasteiger partial charge in [0.15, 0.2) is 0 Å². The van der Waals surface area contributed by atoms with E-state index in [4.69, 9.17) is 17.3 Å². The lowest BCUT2D eigenvalue weighted by molar-refractivity contribution is 0.521. The number of nitrogens with two attached hydrogens (primary N) is 1. The molecule has 112 valence electrons. The fourth-order valence-corrected chi connectivity index (χ4v) is 3.21. The van der Waals surface area contributed by atoms with E-state index in [1.807, 2.05) is 0 Å². The summed E-state index contributed by atoms with van der Waals surface area (Å²) >= 11 is 6.50. The average molecular weight is 295 g/mol. The normalized spacial score (nSPS) is 21.6. The molecule has 2 N–H and O–H groups in total. The van der Waals surface area contributed by atoms with Crippen LogP contribution < -0.4 is 10.6 Å². The van der Waals surface area contributed by atoms with Crippen molar-refractivity contribution in [2.24, 2.45) is 11.7 Å². The van der Waals surface area contributed by atoms with Crippen LogP contribution in [0.1, 0.15) is 45.1 Å². The van der Waals surface area contributed by atoms with Crippen LogP contribution in [-0.4, -0.2) is 19.1 Å². The van der Waals surface area contributed by atoms with E-state index in [1.165, 1.54) is 30.5 Å². The molecule has 0 amide bonds. The van der Waals surface area contributed by atoms with Crippen LogP contribution in [0.3, 0.4) is 0 Å². The first-order valence-electron chi connectivity index (χ1n) is 7.89. The Kier molecular flexibility index (Phi) is 5.74. The maximum atomic E-state index is 6.50. The van der Waals surface area contributed by atoms with Crippen LogP contribution in [0.4, 0.5) is 5.69 Å². The summed E-state index contributed by atoms with van der Waals surface area (Å²) in [5.41, 5.74) is 8.45. The van der Waals surface area contributed by atoms with Crippen LogP contribution in [0.25, 0.3) is 0 Å². The highest BCUT2D eigenvalue weighted by molar-refractivity contribution is 6.33. The molecule has 2 unspecified atom stereocenters. The summed E-state index contributed by atoms with van der Waals surface area (Å²) in [4.78, 5) is 2.44. The minimum atomic E-state index is 0.232. The number of nitrogens with zero attached hydrogens (tertiary/aromatic N) is 1. The van der Waals surface area contributed by atoms with Gasteiger partial charge in [0.05, 0.1) is 10.7 Å². The quantitative estimate of drug-likeness (QED) is 0.899. The highest BCUT2D eigenvalue weighted by atomic mass is 35.5. The molecule has 0 bridgehead atoms. The first kappa shape index (κ1) is 15.7. The molecule has 1 saturated heterocycles. The van der Waals surface area contributed by atoms with E-state index in [1.54, 1.807) is 0 Å². The molecule has 1 aromatic rings. The van der Waals surface area contributed by atoms with E-state index in [2.05, 4.69) is 36.9 Å². The topological polar surface area (TPSA) is 29.3 Å². The third-order valence-corrected chi connectivity index (χ3v) is 4.69. The summed E-state index contributed by atoms with van der Waals surface area (Å²) in [7, 11) is 0. The van der Waals surface area contributed by atoms with Gasteiger partial charge in [0.1, 0.15) is 0 Å². The zero-order valence-electron chi connectivity index (χ0n) is 12.7. The number of hydrogen-bond acceptors (Lipinski definition) is 2. The van der Waals surface area contributed by atoms with Gasteiger partial charge in [0.2, 0.25) is 0 Å².